The Bertz CT molecular complexity index is 477. The normalized spacial score (nSPS) is 27.3. The van der Waals surface area contributed by atoms with E-state index < -0.39 is 0 Å². The summed E-state index contributed by atoms with van der Waals surface area (Å²) in [6.45, 7) is 7.01. The maximum Gasteiger partial charge on any atom is 0.161 e. The molecule has 3 heterocycles. The molecule has 0 aliphatic carbocycles. The number of nitrogens with zero attached hydrogens (tertiary/aromatic N) is 3. The maximum atomic E-state index is 5.98. The Labute approximate surface area is 114 Å². The fourth-order valence-corrected chi connectivity index (χ4v) is 3.01. The number of fused-ring (bicyclic) bond motifs is 1. The van der Waals surface area contributed by atoms with E-state index in [1.165, 1.54) is 19.4 Å². The smallest absolute Gasteiger partial charge is 0.161 e. The maximum absolute atomic E-state index is 5.98. The molecular weight excluding hydrogens is 240 g/mol. The summed E-state index contributed by atoms with van der Waals surface area (Å²) < 4.78 is 5.98. The van der Waals surface area contributed by atoms with Gasteiger partial charge in [-0.1, -0.05) is 0 Å². The third-order valence-corrected chi connectivity index (χ3v) is 4.32. The zero-order valence-electron chi connectivity index (χ0n) is 11.9. The quantitative estimate of drug-likeness (QED) is 0.878. The first-order chi connectivity index (χ1) is 9.19. The van der Waals surface area contributed by atoms with Gasteiger partial charge in [-0.2, -0.15) is 0 Å². The highest BCUT2D eigenvalue weighted by Gasteiger charge is 2.34. The molecule has 0 bridgehead atoms. The lowest BCUT2D eigenvalue weighted by atomic mass is 10.1. The highest BCUT2D eigenvalue weighted by Crippen LogP contribution is 2.29. The monoisotopic (exact) mass is 262 g/mol. The second kappa shape index (κ2) is 5.06. The Morgan fingerprint density at radius 3 is 2.95 bits per heavy atom. The van der Waals surface area contributed by atoms with Crippen molar-refractivity contribution in [2.45, 2.75) is 38.8 Å². The molecule has 2 saturated heterocycles. The van der Waals surface area contributed by atoms with Crippen molar-refractivity contribution >= 4 is 5.82 Å². The van der Waals surface area contributed by atoms with E-state index in [0.717, 1.165) is 36.1 Å². The largest absolute Gasteiger partial charge is 0.373 e. The first-order valence-corrected chi connectivity index (χ1v) is 7.07. The number of morpholine rings is 1. The lowest BCUT2D eigenvalue weighted by Crippen LogP contribution is -2.43. The molecule has 19 heavy (non-hydrogen) atoms. The molecule has 2 atom stereocenters. The third-order valence-electron chi connectivity index (χ3n) is 4.32. The van der Waals surface area contributed by atoms with Crippen LogP contribution < -0.4 is 5.32 Å². The number of nitrogens with one attached hydrogen (secondary N) is 1. The van der Waals surface area contributed by atoms with Crippen LogP contribution in [0.15, 0.2) is 0 Å². The minimum atomic E-state index is 0.0146. The first-order valence-electron chi connectivity index (χ1n) is 7.07. The van der Waals surface area contributed by atoms with Gasteiger partial charge >= 0.3 is 0 Å². The van der Waals surface area contributed by atoms with Crippen LogP contribution in [0.3, 0.4) is 0 Å². The molecule has 2 fully saturated rings. The van der Waals surface area contributed by atoms with Crippen molar-refractivity contribution < 1.29 is 4.74 Å². The van der Waals surface area contributed by atoms with E-state index in [2.05, 4.69) is 20.2 Å². The van der Waals surface area contributed by atoms with E-state index in [4.69, 9.17) is 4.74 Å². The minimum absolute atomic E-state index is 0.0146. The standard InChI is InChI=1S/C14H22N4O/c1-9-10(2)16-14(17-13(9)15-3)12-7-18-6-4-5-11(18)8-19-12/h11-12H,4-8H2,1-3H3,(H,15,16,17). The average molecular weight is 262 g/mol. The van der Waals surface area contributed by atoms with Crippen LogP contribution in [-0.4, -0.2) is 47.7 Å². The van der Waals surface area contributed by atoms with Crippen molar-refractivity contribution in [3.63, 3.8) is 0 Å². The summed E-state index contributed by atoms with van der Waals surface area (Å²) in [4.78, 5) is 11.8. The summed E-state index contributed by atoms with van der Waals surface area (Å²) >= 11 is 0. The van der Waals surface area contributed by atoms with Crippen molar-refractivity contribution in [2.24, 2.45) is 0 Å². The van der Waals surface area contributed by atoms with Crippen molar-refractivity contribution in [2.75, 3.05) is 32.1 Å². The molecule has 1 aromatic rings. The number of aromatic nitrogens is 2. The molecule has 104 valence electrons. The SMILES string of the molecule is CNc1nc(C2CN3CCCC3CO2)nc(C)c1C. The molecule has 0 amide bonds. The van der Waals surface area contributed by atoms with Gasteiger partial charge < -0.3 is 10.1 Å². The van der Waals surface area contributed by atoms with Gasteiger partial charge in [-0.25, -0.2) is 9.97 Å². The number of rotatable bonds is 2. The van der Waals surface area contributed by atoms with Crippen molar-refractivity contribution in [3.05, 3.63) is 17.1 Å². The van der Waals surface area contributed by atoms with Crippen molar-refractivity contribution in [3.8, 4) is 0 Å². The average Bonchev–Trinajstić information content (AvgIpc) is 2.89. The zero-order valence-corrected chi connectivity index (χ0v) is 11.9. The van der Waals surface area contributed by atoms with Gasteiger partial charge in [0.25, 0.3) is 0 Å². The van der Waals surface area contributed by atoms with E-state index in [9.17, 15) is 0 Å². The lowest BCUT2D eigenvalue weighted by Gasteiger charge is -2.34. The van der Waals surface area contributed by atoms with Crippen LogP contribution in [0.4, 0.5) is 5.82 Å². The Morgan fingerprint density at radius 2 is 2.16 bits per heavy atom. The van der Waals surface area contributed by atoms with Gasteiger partial charge in [0.2, 0.25) is 0 Å². The molecule has 2 aliphatic rings. The molecule has 5 heteroatoms. The van der Waals surface area contributed by atoms with E-state index in [0.29, 0.717) is 6.04 Å². The van der Waals surface area contributed by atoms with E-state index in [1.54, 1.807) is 0 Å². The molecule has 5 nitrogen and oxygen atoms in total. The van der Waals surface area contributed by atoms with Crippen LogP contribution in [0.2, 0.25) is 0 Å². The molecule has 2 aliphatic heterocycles. The lowest BCUT2D eigenvalue weighted by molar-refractivity contribution is -0.0541. The molecule has 0 saturated carbocycles. The summed E-state index contributed by atoms with van der Waals surface area (Å²) in [6, 6.07) is 0.617. The second-order valence-corrected chi connectivity index (χ2v) is 5.50. The van der Waals surface area contributed by atoms with Crippen LogP contribution in [-0.2, 0) is 4.74 Å². The van der Waals surface area contributed by atoms with Gasteiger partial charge in [0.15, 0.2) is 5.82 Å². The first kappa shape index (κ1) is 12.8. The summed E-state index contributed by atoms with van der Waals surface area (Å²) in [5, 5.41) is 3.14. The molecule has 0 aromatic carbocycles. The Hall–Kier alpha value is -1.20. The van der Waals surface area contributed by atoms with E-state index in [1.807, 2.05) is 20.9 Å². The van der Waals surface area contributed by atoms with Gasteiger partial charge in [-0.05, 0) is 33.2 Å². The van der Waals surface area contributed by atoms with Crippen LogP contribution in [0, 0.1) is 13.8 Å². The summed E-state index contributed by atoms with van der Waals surface area (Å²) in [5.74, 6) is 1.73. The summed E-state index contributed by atoms with van der Waals surface area (Å²) in [5.41, 5.74) is 2.14. The van der Waals surface area contributed by atoms with Crippen LogP contribution >= 0.6 is 0 Å². The van der Waals surface area contributed by atoms with Crippen LogP contribution in [0.1, 0.15) is 36.0 Å². The predicted molar refractivity (Wildman–Crippen MR) is 74.3 cm³/mol. The molecule has 1 aromatic heterocycles. The van der Waals surface area contributed by atoms with Crippen LogP contribution in [0.5, 0.6) is 0 Å². The Kier molecular flexibility index (Phi) is 3.41. The van der Waals surface area contributed by atoms with E-state index >= 15 is 0 Å². The summed E-state index contributed by atoms with van der Waals surface area (Å²) in [7, 11) is 1.90. The molecule has 1 N–H and O–H groups in total. The highest BCUT2D eigenvalue weighted by molar-refractivity contribution is 5.45. The van der Waals surface area contributed by atoms with Gasteiger partial charge in [0.1, 0.15) is 11.9 Å². The second-order valence-electron chi connectivity index (χ2n) is 5.50. The molecule has 0 radical (unpaired) electrons. The zero-order chi connectivity index (χ0) is 13.4. The highest BCUT2D eigenvalue weighted by atomic mass is 16.5. The van der Waals surface area contributed by atoms with Gasteiger partial charge in [-0.15, -0.1) is 0 Å². The topological polar surface area (TPSA) is 50.3 Å². The molecule has 2 unspecified atom stereocenters. The van der Waals surface area contributed by atoms with Gasteiger partial charge in [0, 0.05) is 30.9 Å². The van der Waals surface area contributed by atoms with Crippen molar-refractivity contribution in [1.82, 2.24) is 14.9 Å². The number of ether oxygens (including phenoxy) is 1. The predicted octanol–water partition coefficient (Wildman–Crippen LogP) is 1.67. The Balaban J connectivity index is 1.84. The number of anilines is 1. The van der Waals surface area contributed by atoms with Gasteiger partial charge in [-0.3, -0.25) is 4.90 Å². The van der Waals surface area contributed by atoms with Gasteiger partial charge in [0.05, 0.1) is 6.61 Å². The number of hydrogen-bond acceptors (Lipinski definition) is 5. The number of aryl methyl sites for hydroxylation is 1. The van der Waals surface area contributed by atoms with E-state index in [-0.39, 0.29) is 6.10 Å². The number of hydrogen-bond donors (Lipinski definition) is 1. The van der Waals surface area contributed by atoms with Crippen LogP contribution in [0.25, 0.3) is 0 Å². The molecular formula is C14H22N4O. The fourth-order valence-electron chi connectivity index (χ4n) is 3.01. The summed E-state index contributed by atoms with van der Waals surface area (Å²) in [6.07, 6.45) is 2.57. The molecule has 0 spiro atoms. The Morgan fingerprint density at radius 1 is 1.32 bits per heavy atom. The third kappa shape index (κ3) is 2.32. The minimum Gasteiger partial charge on any atom is -0.373 e. The molecule has 3 rings (SSSR count). The van der Waals surface area contributed by atoms with Crippen molar-refractivity contribution in [1.29, 1.82) is 0 Å². The fraction of sp³-hybridized carbons (Fsp3) is 0.714.